The number of likely N-dealkylation sites (N-methyl/N-ethyl adjacent to an activating group) is 1. The van der Waals surface area contributed by atoms with Gasteiger partial charge in [0.1, 0.15) is 0 Å². The number of rotatable bonds is 6. The van der Waals surface area contributed by atoms with Crippen molar-refractivity contribution in [2.24, 2.45) is 5.92 Å². The highest BCUT2D eigenvalue weighted by Crippen LogP contribution is 2.27. The van der Waals surface area contributed by atoms with Gasteiger partial charge in [0.2, 0.25) is 0 Å². The van der Waals surface area contributed by atoms with E-state index in [0.29, 0.717) is 18.2 Å². The molecule has 0 saturated carbocycles. The maximum Gasteiger partial charge on any atom is 0.0991 e. The van der Waals surface area contributed by atoms with Gasteiger partial charge in [-0.3, -0.25) is 0 Å². The highest BCUT2D eigenvalue weighted by Gasteiger charge is 2.39. The topological polar surface area (TPSA) is 24.6 Å². The van der Waals surface area contributed by atoms with Crippen molar-refractivity contribution in [3.63, 3.8) is 0 Å². The zero-order chi connectivity index (χ0) is 9.84. The minimum absolute atomic E-state index is 0.483. The van der Waals surface area contributed by atoms with Crippen molar-refractivity contribution >= 4 is 0 Å². The second-order valence-electron chi connectivity index (χ2n) is 4.53. The van der Waals surface area contributed by atoms with Gasteiger partial charge in [-0.2, -0.15) is 0 Å². The van der Waals surface area contributed by atoms with E-state index >= 15 is 0 Å². The summed E-state index contributed by atoms with van der Waals surface area (Å²) in [4.78, 5) is 0. The molecule has 1 aliphatic rings. The van der Waals surface area contributed by atoms with E-state index in [9.17, 15) is 0 Å². The number of ether oxygens (including phenoxy) is 1. The van der Waals surface area contributed by atoms with E-state index in [1.807, 2.05) is 7.05 Å². The van der Waals surface area contributed by atoms with Crippen LogP contribution in [0.5, 0.6) is 0 Å². The smallest absolute Gasteiger partial charge is 0.0991 e. The molecule has 13 heavy (non-hydrogen) atoms. The predicted octanol–water partition coefficient (Wildman–Crippen LogP) is 2.19. The first-order valence-electron chi connectivity index (χ1n) is 5.48. The Labute approximate surface area is 82.0 Å². The van der Waals surface area contributed by atoms with Gasteiger partial charge in [-0.25, -0.2) is 0 Å². The van der Waals surface area contributed by atoms with Crippen LogP contribution in [0.1, 0.15) is 40.0 Å². The molecule has 78 valence electrons. The lowest BCUT2D eigenvalue weighted by Crippen LogP contribution is -2.31. The van der Waals surface area contributed by atoms with E-state index in [1.54, 1.807) is 0 Å². The van der Waals surface area contributed by atoms with Crippen molar-refractivity contribution in [1.82, 2.24) is 5.32 Å². The van der Waals surface area contributed by atoms with Crippen LogP contribution in [0.25, 0.3) is 0 Å². The van der Waals surface area contributed by atoms with Crippen molar-refractivity contribution in [2.75, 3.05) is 7.05 Å². The normalized spacial score (nSPS) is 29.3. The summed E-state index contributed by atoms with van der Waals surface area (Å²) < 4.78 is 5.46. The fourth-order valence-corrected chi connectivity index (χ4v) is 1.84. The van der Waals surface area contributed by atoms with Gasteiger partial charge in [-0.05, 0) is 26.3 Å². The molecule has 1 rings (SSSR count). The van der Waals surface area contributed by atoms with Crippen LogP contribution in [0.3, 0.4) is 0 Å². The molecule has 0 radical (unpaired) electrons. The first kappa shape index (κ1) is 11.0. The van der Waals surface area contributed by atoms with Gasteiger partial charge in [-0.1, -0.05) is 26.7 Å². The largest absolute Gasteiger partial charge is 0.368 e. The maximum absolute atomic E-state index is 5.46. The molecular weight excluding hydrogens is 162 g/mol. The Bertz CT molecular complexity index is 147. The molecule has 0 aromatic rings. The SMILES string of the molecule is CN[C@@H](CCCC(C)C)C1OC1C. The third-order valence-electron chi connectivity index (χ3n) is 2.82. The fourth-order valence-electron chi connectivity index (χ4n) is 1.84. The summed E-state index contributed by atoms with van der Waals surface area (Å²) in [6, 6.07) is 0.578. The fraction of sp³-hybridized carbons (Fsp3) is 1.00. The van der Waals surface area contributed by atoms with Crippen LogP contribution >= 0.6 is 0 Å². The second kappa shape index (κ2) is 4.97. The minimum atomic E-state index is 0.483. The first-order valence-corrected chi connectivity index (χ1v) is 5.48. The zero-order valence-electron chi connectivity index (χ0n) is 9.34. The summed E-state index contributed by atoms with van der Waals surface area (Å²) in [5.74, 6) is 0.829. The van der Waals surface area contributed by atoms with E-state index in [4.69, 9.17) is 4.74 Å². The van der Waals surface area contributed by atoms with Crippen LogP contribution in [0.2, 0.25) is 0 Å². The average molecular weight is 185 g/mol. The highest BCUT2D eigenvalue weighted by molar-refractivity contribution is 4.91. The maximum atomic E-state index is 5.46. The molecule has 0 aromatic heterocycles. The molecule has 0 bridgehead atoms. The molecule has 1 heterocycles. The minimum Gasteiger partial charge on any atom is -0.368 e. The summed E-state index contributed by atoms with van der Waals surface area (Å²) in [5, 5.41) is 3.34. The Balaban J connectivity index is 2.10. The Morgan fingerprint density at radius 1 is 1.31 bits per heavy atom. The van der Waals surface area contributed by atoms with Crippen LogP contribution in [0, 0.1) is 5.92 Å². The van der Waals surface area contributed by atoms with Gasteiger partial charge in [0.25, 0.3) is 0 Å². The molecule has 3 atom stereocenters. The average Bonchev–Trinajstić information content (AvgIpc) is 2.76. The molecule has 1 saturated heterocycles. The van der Waals surface area contributed by atoms with Gasteiger partial charge in [0.05, 0.1) is 12.2 Å². The molecule has 2 unspecified atom stereocenters. The van der Waals surface area contributed by atoms with Crippen molar-refractivity contribution < 1.29 is 4.74 Å². The molecular formula is C11H23NO. The number of nitrogens with one attached hydrogen (secondary N) is 1. The molecule has 0 aliphatic carbocycles. The van der Waals surface area contributed by atoms with E-state index in [0.717, 1.165) is 5.92 Å². The summed E-state index contributed by atoms with van der Waals surface area (Å²) in [7, 11) is 2.04. The molecule has 0 aromatic carbocycles. The molecule has 1 fully saturated rings. The number of epoxide rings is 1. The van der Waals surface area contributed by atoms with Crippen molar-refractivity contribution in [3.05, 3.63) is 0 Å². The van der Waals surface area contributed by atoms with Crippen molar-refractivity contribution in [2.45, 2.75) is 58.3 Å². The Morgan fingerprint density at radius 3 is 2.31 bits per heavy atom. The van der Waals surface area contributed by atoms with Crippen LogP contribution in [0.4, 0.5) is 0 Å². The van der Waals surface area contributed by atoms with Crippen LogP contribution < -0.4 is 5.32 Å². The molecule has 2 heteroatoms. The third-order valence-corrected chi connectivity index (χ3v) is 2.82. The van der Waals surface area contributed by atoms with Crippen LogP contribution in [-0.2, 0) is 4.74 Å². The second-order valence-corrected chi connectivity index (χ2v) is 4.53. The zero-order valence-corrected chi connectivity index (χ0v) is 9.34. The molecule has 2 nitrogen and oxygen atoms in total. The summed E-state index contributed by atoms with van der Waals surface area (Å²) in [6.07, 6.45) is 4.87. The predicted molar refractivity (Wildman–Crippen MR) is 55.9 cm³/mol. The molecule has 0 amide bonds. The third kappa shape index (κ3) is 3.65. The van der Waals surface area contributed by atoms with E-state index < -0.39 is 0 Å². The lowest BCUT2D eigenvalue weighted by atomic mass is 10.0. The number of hydrogen-bond donors (Lipinski definition) is 1. The van der Waals surface area contributed by atoms with E-state index in [1.165, 1.54) is 19.3 Å². The van der Waals surface area contributed by atoms with Crippen LogP contribution in [0.15, 0.2) is 0 Å². The monoisotopic (exact) mass is 185 g/mol. The molecule has 1 aliphatic heterocycles. The quantitative estimate of drug-likeness (QED) is 0.641. The lowest BCUT2D eigenvalue weighted by Gasteiger charge is -2.14. The van der Waals surface area contributed by atoms with Gasteiger partial charge in [0.15, 0.2) is 0 Å². The highest BCUT2D eigenvalue weighted by atomic mass is 16.6. The van der Waals surface area contributed by atoms with Gasteiger partial charge in [-0.15, -0.1) is 0 Å². The van der Waals surface area contributed by atoms with E-state index in [-0.39, 0.29) is 0 Å². The van der Waals surface area contributed by atoms with Gasteiger partial charge in [0, 0.05) is 6.04 Å². The first-order chi connectivity index (χ1) is 6.15. The summed E-state index contributed by atoms with van der Waals surface area (Å²) in [6.45, 7) is 6.71. The van der Waals surface area contributed by atoms with Gasteiger partial charge >= 0.3 is 0 Å². The summed E-state index contributed by atoms with van der Waals surface area (Å²) >= 11 is 0. The van der Waals surface area contributed by atoms with Crippen molar-refractivity contribution in [1.29, 1.82) is 0 Å². The number of hydrogen-bond acceptors (Lipinski definition) is 2. The standard InChI is InChI=1S/C11H23NO/c1-8(2)6-5-7-10(12-4)11-9(3)13-11/h8-12H,5-7H2,1-4H3/t9?,10-,11?/m0/s1. The summed E-state index contributed by atoms with van der Waals surface area (Å²) in [5.41, 5.74) is 0. The Kier molecular flexibility index (Phi) is 4.20. The molecule has 1 N–H and O–H groups in total. The molecule has 0 spiro atoms. The Morgan fingerprint density at radius 2 is 1.92 bits per heavy atom. The van der Waals surface area contributed by atoms with Crippen molar-refractivity contribution in [3.8, 4) is 0 Å². The Hall–Kier alpha value is -0.0800. The van der Waals surface area contributed by atoms with Crippen LogP contribution in [-0.4, -0.2) is 25.3 Å². The lowest BCUT2D eigenvalue weighted by molar-refractivity contribution is 0.321. The van der Waals surface area contributed by atoms with E-state index in [2.05, 4.69) is 26.1 Å². The van der Waals surface area contributed by atoms with Gasteiger partial charge < -0.3 is 10.1 Å².